The van der Waals surface area contributed by atoms with E-state index in [1.54, 1.807) is 11.0 Å². The van der Waals surface area contributed by atoms with E-state index in [-0.39, 0.29) is 12.1 Å². The molecule has 1 amide bonds. The van der Waals surface area contributed by atoms with Crippen LogP contribution in [0.15, 0.2) is 6.07 Å². The number of ether oxygens (including phenoxy) is 2. The van der Waals surface area contributed by atoms with E-state index in [1.807, 2.05) is 20.8 Å². The van der Waals surface area contributed by atoms with Crippen LogP contribution in [-0.4, -0.2) is 31.3 Å². The van der Waals surface area contributed by atoms with Crippen LogP contribution in [-0.2, 0) is 15.9 Å². The molecule has 2 heterocycles. The zero-order chi connectivity index (χ0) is 14.2. The van der Waals surface area contributed by atoms with Gasteiger partial charge in [-0.3, -0.25) is 4.90 Å². The van der Waals surface area contributed by atoms with Gasteiger partial charge in [0.2, 0.25) is 0 Å². The lowest BCUT2D eigenvalue weighted by Gasteiger charge is -2.24. The fourth-order valence-corrected chi connectivity index (χ4v) is 2.94. The van der Waals surface area contributed by atoms with Crippen molar-refractivity contribution in [2.75, 3.05) is 18.6 Å². The van der Waals surface area contributed by atoms with Gasteiger partial charge in [-0.05, 0) is 26.8 Å². The van der Waals surface area contributed by atoms with Gasteiger partial charge < -0.3 is 9.47 Å². The summed E-state index contributed by atoms with van der Waals surface area (Å²) in [5, 5.41) is 0. The van der Waals surface area contributed by atoms with Gasteiger partial charge in [0, 0.05) is 17.8 Å². The van der Waals surface area contributed by atoms with E-state index in [2.05, 4.69) is 4.74 Å². The van der Waals surface area contributed by atoms with Crippen molar-refractivity contribution in [1.82, 2.24) is 0 Å². The van der Waals surface area contributed by atoms with Gasteiger partial charge in [-0.25, -0.2) is 9.59 Å². The van der Waals surface area contributed by atoms with E-state index in [9.17, 15) is 9.59 Å². The van der Waals surface area contributed by atoms with Crippen molar-refractivity contribution in [3.63, 3.8) is 0 Å². The van der Waals surface area contributed by atoms with Crippen LogP contribution in [0.5, 0.6) is 0 Å². The summed E-state index contributed by atoms with van der Waals surface area (Å²) in [6, 6.07) is 1.70. The molecule has 0 bridgehead atoms. The number of carbonyl (C=O) groups excluding carboxylic acids is 2. The third-order valence-corrected chi connectivity index (χ3v) is 3.80. The number of hydrogen-bond donors (Lipinski definition) is 0. The van der Waals surface area contributed by atoms with Crippen molar-refractivity contribution < 1.29 is 19.1 Å². The molecule has 0 spiro atoms. The molecule has 1 aromatic heterocycles. The van der Waals surface area contributed by atoms with Crippen LogP contribution in [0.1, 0.15) is 35.3 Å². The monoisotopic (exact) mass is 283 g/mol. The highest BCUT2D eigenvalue weighted by Gasteiger charge is 2.31. The molecule has 0 saturated carbocycles. The Morgan fingerprint density at radius 2 is 2.05 bits per heavy atom. The largest absolute Gasteiger partial charge is 0.465 e. The Labute approximate surface area is 116 Å². The molecule has 2 rings (SSSR count). The molecule has 0 atom stereocenters. The second-order valence-electron chi connectivity index (χ2n) is 5.29. The number of methoxy groups -OCH3 is 1. The van der Waals surface area contributed by atoms with Gasteiger partial charge in [0.15, 0.2) is 0 Å². The minimum absolute atomic E-state index is 0.372. The molecule has 0 aliphatic carbocycles. The maximum atomic E-state index is 12.1. The van der Waals surface area contributed by atoms with Crippen molar-refractivity contribution in [3.05, 3.63) is 15.8 Å². The van der Waals surface area contributed by atoms with Gasteiger partial charge in [0.05, 0.1) is 12.8 Å². The van der Waals surface area contributed by atoms with Gasteiger partial charge in [-0.2, -0.15) is 0 Å². The summed E-state index contributed by atoms with van der Waals surface area (Å²) in [7, 11) is 1.35. The standard InChI is InChI=1S/C13H17NO4S/c1-13(2,3)18-12(16)14-6-5-9-8(14)7-10(19-9)11(15)17-4/h7H,5-6H2,1-4H3. The summed E-state index contributed by atoms with van der Waals surface area (Å²) in [6.07, 6.45) is 0.372. The average Bonchev–Trinajstić information content (AvgIpc) is 2.83. The molecule has 19 heavy (non-hydrogen) atoms. The molecule has 0 unspecified atom stereocenters. The minimum Gasteiger partial charge on any atom is -0.465 e. The summed E-state index contributed by atoms with van der Waals surface area (Å²) >= 11 is 1.37. The summed E-state index contributed by atoms with van der Waals surface area (Å²) in [5.74, 6) is -0.372. The van der Waals surface area contributed by atoms with Gasteiger partial charge in [0.25, 0.3) is 0 Å². The van der Waals surface area contributed by atoms with Crippen molar-refractivity contribution in [3.8, 4) is 0 Å². The van der Waals surface area contributed by atoms with Gasteiger partial charge in [-0.1, -0.05) is 0 Å². The number of rotatable bonds is 1. The lowest BCUT2D eigenvalue weighted by molar-refractivity contribution is 0.0577. The molecule has 0 aromatic carbocycles. The highest BCUT2D eigenvalue weighted by atomic mass is 32.1. The van der Waals surface area contributed by atoms with Crippen LogP contribution in [0.25, 0.3) is 0 Å². The molecule has 1 aromatic rings. The smallest absolute Gasteiger partial charge is 0.414 e. The first-order chi connectivity index (χ1) is 8.81. The SMILES string of the molecule is COC(=O)c1cc2c(s1)CCN2C(=O)OC(C)(C)C. The Kier molecular flexibility index (Phi) is 3.54. The number of esters is 1. The fourth-order valence-electron chi connectivity index (χ4n) is 1.87. The molecule has 0 radical (unpaired) electrons. The lowest BCUT2D eigenvalue weighted by Crippen LogP contribution is -2.35. The van der Waals surface area contributed by atoms with E-state index >= 15 is 0 Å². The number of amides is 1. The summed E-state index contributed by atoms with van der Waals surface area (Å²) in [4.78, 5) is 26.6. The van der Waals surface area contributed by atoms with Gasteiger partial charge in [0.1, 0.15) is 10.5 Å². The number of hydrogen-bond acceptors (Lipinski definition) is 5. The third-order valence-electron chi connectivity index (χ3n) is 2.64. The van der Waals surface area contributed by atoms with Crippen molar-refractivity contribution in [2.45, 2.75) is 32.8 Å². The Balaban J connectivity index is 2.19. The van der Waals surface area contributed by atoms with Gasteiger partial charge >= 0.3 is 12.1 Å². The topological polar surface area (TPSA) is 55.8 Å². The average molecular weight is 283 g/mol. The number of anilines is 1. The first-order valence-corrected chi connectivity index (χ1v) is 6.85. The van der Waals surface area contributed by atoms with Crippen molar-refractivity contribution in [1.29, 1.82) is 0 Å². The highest BCUT2D eigenvalue weighted by molar-refractivity contribution is 7.14. The first kappa shape index (κ1) is 13.9. The molecule has 0 fully saturated rings. The number of nitrogens with zero attached hydrogens (tertiary/aromatic N) is 1. The molecule has 104 valence electrons. The summed E-state index contributed by atoms with van der Waals surface area (Å²) < 4.78 is 10.0. The molecular weight excluding hydrogens is 266 g/mol. The summed E-state index contributed by atoms with van der Waals surface area (Å²) in [5.41, 5.74) is 0.237. The predicted octanol–water partition coefficient (Wildman–Crippen LogP) is 2.83. The van der Waals surface area contributed by atoms with E-state index in [0.29, 0.717) is 11.4 Å². The van der Waals surface area contributed by atoms with Gasteiger partial charge in [-0.15, -0.1) is 11.3 Å². The first-order valence-electron chi connectivity index (χ1n) is 6.03. The normalized spacial score (nSPS) is 14.2. The van der Waals surface area contributed by atoms with Crippen LogP contribution in [0.2, 0.25) is 0 Å². The zero-order valence-electron chi connectivity index (χ0n) is 11.5. The summed E-state index contributed by atoms with van der Waals surface area (Å²) in [6.45, 7) is 6.08. The van der Waals surface area contributed by atoms with E-state index < -0.39 is 5.60 Å². The fraction of sp³-hybridized carbons (Fsp3) is 0.538. The number of thiophene rings is 1. The molecule has 0 saturated heterocycles. The zero-order valence-corrected chi connectivity index (χ0v) is 12.3. The van der Waals surface area contributed by atoms with Crippen LogP contribution >= 0.6 is 11.3 Å². The Hall–Kier alpha value is -1.56. The molecule has 0 N–H and O–H groups in total. The quantitative estimate of drug-likeness (QED) is 0.744. The van der Waals surface area contributed by atoms with Crippen molar-refractivity contribution in [2.24, 2.45) is 0 Å². The number of carbonyl (C=O) groups is 2. The molecule has 1 aliphatic heterocycles. The predicted molar refractivity (Wildman–Crippen MR) is 72.9 cm³/mol. The lowest BCUT2D eigenvalue weighted by atomic mass is 10.2. The van der Waals surface area contributed by atoms with Crippen LogP contribution < -0.4 is 4.90 Å². The maximum absolute atomic E-state index is 12.1. The van der Waals surface area contributed by atoms with E-state index in [0.717, 1.165) is 17.0 Å². The van der Waals surface area contributed by atoms with Crippen LogP contribution in [0.4, 0.5) is 10.5 Å². The minimum atomic E-state index is -0.527. The van der Waals surface area contributed by atoms with Crippen molar-refractivity contribution >= 4 is 29.1 Å². The van der Waals surface area contributed by atoms with Crippen LogP contribution in [0, 0.1) is 0 Å². The Bertz CT molecular complexity index is 515. The van der Waals surface area contributed by atoms with E-state index in [1.165, 1.54) is 18.4 Å². The second-order valence-corrected chi connectivity index (χ2v) is 6.43. The van der Waals surface area contributed by atoms with E-state index in [4.69, 9.17) is 4.74 Å². The molecule has 5 nitrogen and oxygen atoms in total. The molecule has 1 aliphatic rings. The van der Waals surface area contributed by atoms with Crippen LogP contribution in [0.3, 0.4) is 0 Å². The second kappa shape index (κ2) is 4.85. The Morgan fingerprint density at radius 1 is 1.37 bits per heavy atom. The third kappa shape index (κ3) is 2.89. The maximum Gasteiger partial charge on any atom is 0.414 e. The number of fused-ring (bicyclic) bond motifs is 1. The Morgan fingerprint density at radius 3 is 2.63 bits per heavy atom. The highest BCUT2D eigenvalue weighted by Crippen LogP contribution is 2.36. The molecule has 6 heteroatoms. The molecular formula is C13H17NO4S.